The summed E-state index contributed by atoms with van der Waals surface area (Å²) in [6, 6.07) is 0. The van der Waals surface area contributed by atoms with Crippen molar-refractivity contribution in [2.45, 2.75) is 4.84 Å². The Bertz CT molecular complexity index is 234. The van der Waals surface area contributed by atoms with E-state index in [0.717, 1.165) is 0 Å². The Labute approximate surface area is 69.9 Å². The van der Waals surface area contributed by atoms with E-state index in [-0.39, 0.29) is 0 Å². The van der Waals surface area contributed by atoms with Gasteiger partial charge < -0.3 is 0 Å². The fourth-order valence-corrected chi connectivity index (χ4v) is 1.01. The highest BCUT2D eigenvalue weighted by Crippen LogP contribution is 2.04. The van der Waals surface area contributed by atoms with E-state index in [1.165, 1.54) is 12.5 Å². The normalized spacial score (nSPS) is 11.7. The molecular weight excluding hydrogens is 197 g/mol. The molecule has 0 unspecified atom stereocenters. The summed E-state index contributed by atoms with van der Waals surface area (Å²) in [7, 11) is -2.41. The SMILES string of the molecule is CS(C)(=O)=NC(=O)C(Cl)Cl. The van der Waals surface area contributed by atoms with Crippen LogP contribution in [0.15, 0.2) is 4.36 Å². The zero-order valence-corrected chi connectivity index (χ0v) is 7.83. The van der Waals surface area contributed by atoms with Crippen molar-refractivity contribution >= 4 is 38.8 Å². The number of halogens is 2. The number of amides is 1. The Morgan fingerprint density at radius 3 is 2.00 bits per heavy atom. The molecule has 0 fully saturated rings. The summed E-state index contributed by atoms with van der Waals surface area (Å²) in [5.41, 5.74) is 0. The molecular formula is C4H7Cl2NO2S. The molecule has 0 N–H and O–H groups in total. The minimum atomic E-state index is -2.41. The first-order chi connectivity index (χ1) is 4.33. The lowest BCUT2D eigenvalue weighted by atomic mass is 10.8. The molecule has 0 aromatic heterocycles. The number of carbonyl (C=O) groups excluding carboxylic acids is 1. The van der Waals surface area contributed by atoms with Gasteiger partial charge in [-0.2, -0.15) is 4.36 Å². The van der Waals surface area contributed by atoms with Gasteiger partial charge in [0.25, 0.3) is 5.91 Å². The third kappa shape index (κ3) is 5.02. The molecule has 0 aliphatic heterocycles. The van der Waals surface area contributed by atoms with Gasteiger partial charge in [-0.3, -0.25) is 4.79 Å². The summed E-state index contributed by atoms with van der Waals surface area (Å²) in [5.74, 6) is -0.752. The van der Waals surface area contributed by atoms with Crippen LogP contribution in [0.1, 0.15) is 0 Å². The molecule has 60 valence electrons. The monoisotopic (exact) mass is 203 g/mol. The molecule has 0 heterocycles. The van der Waals surface area contributed by atoms with E-state index in [9.17, 15) is 9.00 Å². The topological polar surface area (TPSA) is 46.5 Å². The van der Waals surface area contributed by atoms with Crippen molar-refractivity contribution in [3.05, 3.63) is 0 Å². The van der Waals surface area contributed by atoms with Crippen LogP contribution in [0.25, 0.3) is 0 Å². The molecule has 0 saturated heterocycles. The van der Waals surface area contributed by atoms with Gasteiger partial charge in [-0.05, 0) is 0 Å². The zero-order chi connectivity index (χ0) is 8.36. The Balaban J connectivity index is 4.46. The number of carbonyl (C=O) groups is 1. The summed E-state index contributed by atoms with van der Waals surface area (Å²) in [4.78, 5) is 9.34. The Morgan fingerprint density at radius 2 is 1.90 bits per heavy atom. The standard InChI is InChI=1S/C4H7Cl2NO2S/c1-10(2,9)7-4(8)3(5)6/h3H,1-2H3. The van der Waals surface area contributed by atoms with Crippen LogP contribution in [-0.4, -0.2) is 27.5 Å². The average Bonchev–Trinajstić information content (AvgIpc) is 1.60. The number of alkyl halides is 2. The van der Waals surface area contributed by atoms with Crippen LogP contribution in [0, 0.1) is 0 Å². The van der Waals surface area contributed by atoms with Gasteiger partial charge in [-0.25, -0.2) is 4.21 Å². The summed E-state index contributed by atoms with van der Waals surface area (Å²) in [5, 5.41) is 0. The second kappa shape index (κ2) is 3.55. The number of rotatable bonds is 1. The van der Waals surface area contributed by atoms with Gasteiger partial charge in [0.15, 0.2) is 4.84 Å². The van der Waals surface area contributed by atoms with Crippen LogP contribution in [-0.2, 0) is 14.5 Å². The largest absolute Gasteiger partial charge is 0.286 e. The number of nitrogens with zero attached hydrogens (tertiary/aromatic N) is 1. The van der Waals surface area contributed by atoms with Crippen LogP contribution >= 0.6 is 23.2 Å². The van der Waals surface area contributed by atoms with Crippen molar-refractivity contribution < 1.29 is 9.00 Å². The second-order valence-corrected chi connectivity index (χ2v) is 5.55. The van der Waals surface area contributed by atoms with Crippen LogP contribution in [0.5, 0.6) is 0 Å². The molecule has 0 rings (SSSR count). The van der Waals surface area contributed by atoms with Gasteiger partial charge in [0, 0.05) is 22.2 Å². The summed E-state index contributed by atoms with van der Waals surface area (Å²) >= 11 is 10.3. The number of hydrogen-bond donors (Lipinski definition) is 0. The van der Waals surface area contributed by atoms with Crippen LogP contribution < -0.4 is 0 Å². The molecule has 0 bridgehead atoms. The molecule has 0 aliphatic carbocycles. The fourth-order valence-electron chi connectivity index (χ4n) is 0.257. The Hall–Kier alpha value is 0.200. The lowest BCUT2D eigenvalue weighted by Gasteiger charge is -1.94. The van der Waals surface area contributed by atoms with Gasteiger partial charge in [0.05, 0.1) is 0 Å². The molecule has 0 spiro atoms. The lowest BCUT2D eigenvalue weighted by Crippen LogP contribution is -2.07. The van der Waals surface area contributed by atoms with Crippen molar-refractivity contribution in [1.29, 1.82) is 0 Å². The number of hydrogen-bond acceptors (Lipinski definition) is 2. The lowest BCUT2D eigenvalue weighted by molar-refractivity contribution is -0.116. The molecule has 1 amide bonds. The molecule has 0 saturated carbocycles. The Morgan fingerprint density at radius 1 is 1.50 bits per heavy atom. The minimum absolute atomic E-state index is 0.752. The smallest absolute Gasteiger partial charge is 0.269 e. The van der Waals surface area contributed by atoms with Crippen LogP contribution in [0.2, 0.25) is 0 Å². The third-order valence-corrected chi connectivity index (χ3v) is 1.49. The van der Waals surface area contributed by atoms with E-state index in [1.54, 1.807) is 0 Å². The van der Waals surface area contributed by atoms with E-state index in [2.05, 4.69) is 4.36 Å². The first kappa shape index (κ1) is 10.2. The van der Waals surface area contributed by atoms with Crippen molar-refractivity contribution in [2.24, 2.45) is 4.36 Å². The van der Waals surface area contributed by atoms with Crippen molar-refractivity contribution in [3.63, 3.8) is 0 Å². The highest BCUT2D eigenvalue weighted by molar-refractivity contribution is 7.92. The molecule has 0 atom stereocenters. The van der Waals surface area contributed by atoms with E-state index < -0.39 is 20.5 Å². The highest BCUT2D eigenvalue weighted by Gasteiger charge is 2.10. The molecule has 3 nitrogen and oxygen atoms in total. The van der Waals surface area contributed by atoms with E-state index in [0.29, 0.717) is 0 Å². The van der Waals surface area contributed by atoms with Crippen molar-refractivity contribution in [2.75, 3.05) is 12.5 Å². The molecule has 0 aromatic carbocycles. The molecule has 0 radical (unpaired) electrons. The summed E-state index contributed by atoms with van der Waals surface area (Å²) in [6.45, 7) is 0. The maximum atomic E-state index is 10.8. The molecule has 0 aliphatic rings. The average molecular weight is 204 g/mol. The van der Waals surface area contributed by atoms with Gasteiger partial charge >= 0.3 is 0 Å². The summed E-state index contributed by atoms with van der Waals surface area (Å²) in [6.07, 6.45) is 2.67. The highest BCUT2D eigenvalue weighted by atomic mass is 35.5. The van der Waals surface area contributed by atoms with Gasteiger partial charge in [-0.1, -0.05) is 23.2 Å². The van der Waals surface area contributed by atoms with Crippen molar-refractivity contribution in [3.8, 4) is 0 Å². The predicted molar refractivity (Wildman–Crippen MR) is 42.9 cm³/mol. The fraction of sp³-hybridized carbons (Fsp3) is 0.750. The van der Waals surface area contributed by atoms with Crippen molar-refractivity contribution in [1.82, 2.24) is 0 Å². The van der Waals surface area contributed by atoms with E-state index in [4.69, 9.17) is 23.2 Å². The third-order valence-electron chi connectivity index (χ3n) is 0.496. The molecule has 10 heavy (non-hydrogen) atoms. The van der Waals surface area contributed by atoms with E-state index in [1.807, 2.05) is 0 Å². The Kier molecular flexibility index (Phi) is 3.62. The van der Waals surface area contributed by atoms with Gasteiger partial charge in [0.1, 0.15) is 0 Å². The first-order valence-electron chi connectivity index (χ1n) is 2.32. The second-order valence-electron chi connectivity index (χ2n) is 1.91. The molecule has 6 heteroatoms. The van der Waals surface area contributed by atoms with Crippen LogP contribution in [0.3, 0.4) is 0 Å². The first-order valence-corrected chi connectivity index (χ1v) is 5.52. The quantitative estimate of drug-likeness (QED) is 0.599. The maximum Gasteiger partial charge on any atom is 0.286 e. The van der Waals surface area contributed by atoms with Crippen LogP contribution in [0.4, 0.5) is 0 Å². The zero-order valence-electron chi connectivity index (χ0n) is 5.51. The van der Waals surface area contributed by atoms with Gasteiger partial charge in [0.2, 0.25) is 0 Å². The van der Waals surface area contributed by atoms with E-state index >= 15 is 0 Å². The molecule has 0 aromatic rings. The minimum Gasteiger partial charge on any atom is -0.269 e. The predicted octanol–water partition coefficient (Wildman–Crippen LogP) is 1.04. The maximum absolute atomic E-state index is 10.8. The van der Waals surface area contributed by atoms with Gasteiger partial charge in [-0.15, -0.1) is 0 Å². The summed E-state index contributed by atoms with van der Waals surface area (Å²) < 4.78 is 14.0.